The Morgan fingerprint density at radius 3 is 2.83 bits per heavy atom. The zero-order valence-corrected chi connectivity index (χ0v) is 13.0. The summed E-state index contributed by atoms with van der Waals surface area (Å²) < 4.78 is 38.7. The van der Waals surface area contributed by atoms with Gasteiger partial charge in [0, 0.05) is 30.7 Å². The van der Waals surface area contributed by atoms with Gasteiger partial charge < -0.3 is 14.6 Å². The molecule has 1 N–H and O–H groups in total. The van der Waals surface area contributed by atoms with Crippen molar-refractivity contribution in [1.82, 2.24) is 10.5 Å². The molecule has 5 nitrogen and oxygen atoms in total. The molecule has 0 saturated carbocycles. The number of carbonyl (C=O) groups excluding carboxylic acids is 1. The molecule has 1 aromatic heterocycles. The van der Waals surface area contributed by atoms with Crippen molar-refractivity contribution in [2.75, 3.05) is 19.8 Å². The van der Waals surface area contributed by atoms with Crippen LogP contribution in [0.25, 0.3) is 0 Å². The Kier molecular flexibility index (Phi) is 4.89. The Morgan fingerprint density at radius 1 is 1.33 bits per heavy atom. The maximum atomic E-state index is 14.3. The highest BCUT2D eigenvalue weighted by molar-refractivity contribution is 5.78. The molecule has 0 aliphatic carbocycles. The molecule has 1 aliphatic heterocycles. The summed E-state index contributed by atoms with van der Waals surface area (Å²) >= 11 is 0. The van der Waals surface area contributed by atoms with E-state index in [0.717, 1.165) is 12.5 Å². The number of nitrogens with one attached hydrogen (secondary N) is 1. The first kappa shape index (κ1) is 16.6. The quantitative estimate of drug-likeness (QED) is 0.880. The topological polar surface area (TPSA) is 64.4 Å². The first-order valence-corrected chi connectivity index (χ1v) is 7.79. The largest absolute Gasteiger partial charge is 0.381 e. The van der Waals surface area contributed by atoms with Gasteiger partial charge in [0.1, 0.15) is 0 Å². The number of halogens is 2. The lowest BCUT2D eigenvalue weighted by atomic mass is 10.1. The molecule has 2 aromatic rings. The van der Waals surface area contributed by atoms with E-state index in [1.165, 1.54) is 24.3 Å². The average Bonchev–Trinajstić information content (AvgIpc) is 3.26. The molecule has 1 aliphatic rings. The Bertz CT molecular complexity index is 682. The number of ether oxygens (including phenoxy) is 1. The molecule has 1 amide bonds. The first-order valence-electron chi connectivity index (χ1n) is 7.79. The minimum atomic E-state index is -3.29. The smallest absolute Gasteiger partial charge is 0.332 e. The summed E-state index contributed by atoms with van der Waals surface area (Å²) in [6.45, 7) is 1.86. The molecule has 1 atom stereocenters. The summed E-state index contributed by atoms with van der Waals surface area (Å²) in [5.74, 6) is -3.82. The Labute approximate surface area is 138 Å². The molecule has 1 saturated heterocycles. The van der Waals surface area contributed by atoms with Crippen molar-refractivity contribution in [2.45, 2.75) is 18.8 Å². The summed E-state index contributed by atoms with van der Waals surface area (Å²) in [5.41, 5.74) is -0.000775. The van der Waals surface area contributed by atoms with E-state index in [-0.39, 0.29) is 23.6 Å². The molecule has 3 rings (SSSR count). The van der Waals surface area contributed by atoms with Gasteiger partial charge in [0.2, 0.25) is 11.7 Å². The molecule has 2 heterocycles. The van der Waals surface area contributed by atoms with Crippen molar-refractivity contribution >= 4 is 5.91 Å². The van der Waals surface area contributed by atoms with E-state index >= 15 is 0 Å². The predicted octanol–water partition coefficient (Wildman–Crippen LogP) is 2.51. The number of carbonyl (C=O) groups is 1. The lowest BCUT2D eigenvalue weighted by molar-refractivity contribution is -0.120. The summed E-state index contributed by atoms with van der Waals surface area (Å²) in [6.07, 6.45) is 0.819. The van der Waals surface area contributed by atoms with Crippen LogP contribution in [0, 0.1) is 5.92 Å². The Hall–Kier alpha value is -2.28. The van der Waals surface area contributed by atoms with Crippen molar-refractivity contribution in [3.05, 3.63) is 53.4 Å². The fourth-order valence-corrected chi connectivity index (χ4v) is 2.56. The third-order valence-corrected chi connectivity index (χ3v) is 3.96. The number of aromatic nitrogens is 1. The van der Waals surface area contributed by atoms with Gasteiger partial charge in [0.05, 0.1) is 18.7 Å². The van der Waals surface area contributed by atoms with Crippen LogP contribution in [-0.4, -0.2) is 30.8 Å². The molecule has 1 unspecified atom stereocenters. The number of rotatable bonds is 6. The molecule has 0 spiro atoms. The monoisotopic (exact) mass is 336 g/mol. The molecular weight excluding hydrogens is 318 g/mol. The van der Waals surface area contributed by atoms with Gasteiger partial charge in [-0.15, -0.1) is 0 Å². The maximum Gasteiger partial charge on any atom is 0.332 e. The Morgan fingerprint density at radius 2 is 2.12 bits per heavy atom. The zero-order valence-electron chi connectivity index (χ0n) is 13.0. The van der Waals surface area contributed by atoms with Crippen LogP contribution in [-0.2, 0) is 21.9 Å². The van der Waals surface area contributed by atoms with Gasteiger partial charge in [-0.25, -0.2) is 0 Å². The van der Waals surface area contributed by atoms with Gasteiger partial charge in [-0.1, -0.05) is 35.5 Å². The van der Waals surface area contributed by atoms with Crippen LogP contribution in [0.4, 0.5) is 8.78 Å². The van der Waals surface area contributed by atoms with E-state index in [9.17, 15) is 13.6 Å². The van der Waals surface area contributed by atoms with Gasteiger partial charge in [-0.2, -0.15) is 8.78 Å². The minimum absolute atomic E-state index is 0.0953. The number of hydrogen-bond donors (Lipinski definition) is 1. The SMILES string of the molecule is O=C(Cc1cc(C(F)(F)c2ccccc2)on1)NCC1CCOC1. The molecule has 1 fully saturated rings. The summed E-state index contributed by atoms with van der Waals surface area (Å²) in [5, 5.41) is 6.35. The second-order valence-corrected chi connectivity index (χ2v) is 5.83. The number of alkyl halides is 2. The fraction of sp³-hybridized carbons (Fsp3) is 0.412. The standard InChI is InChI=1S/C17H18F2N2O3/c18-17(19,13-4-2-1-3-5-13)15-8-14(21-24-15)9-16(22)20-10-12-6-7-23-11-12/h1-5,8,12H,6-7,9-11H2,(H,20,22). The molecule has 1 aromatic carbocycles. The van der Waals surface area contributed by atoms with E-state index in [2.05, 4.69) is 10.5 Å². The van der Waals surface area contributed by atoms with Crippen molar-refractivity contribution in [3.63, 3.8) is 0 Å². The van der Waals surface area contributed by atoms with Crippen molar-refractivity contribution in [2.24, 2.45) is 5.92 Å². The van der Waals surface area contributed by atoms with Gasteiger partial charge in [0.15, 0.2) is 0 Å². The number of amides is 1. The highest BCUT2D eigenvalue weighted by atomic mass is 19.3. The first-order chi connectivity index (χ1) is 11.6. The highest BCUT2D eigenvalue weighted by Crippen LogP contribution is 2.35. The van der Waals surface area contributed by atoms with Crippen LogP contribution in [0.3, 0.4) is 0 Å². The minimum Gasteiger partial charge on any atom is -0.381 e. The number of benzene rings is 1. The predicted molar refractivity (Wildman–Crippen MR) is 81.6 cm³/mol. The second kappa shape index (κ2) is 7.09. The van der Waals surface area contributed by atoms with Crippen LogP contribution in [0.15, 0.2) is 40.9 Å². The summed E-state index contributed by atoms with van der Waals surface area (Å²) in [6, 6.07) is 8.48. The normalized spacial score (nSPS) is 17.8. The van der Waals surface area contributed by atoms with Crippen LogP contribution in [0.2, 0.25) is 0 Å². The number of hydrogen-bond acceptors (Lipinski definition) is 4. The van der Waals surface area contributed by atoms with E-state index in [0.29, 0.717) is 25.7 Å². The molecule has 0 radical (unpaired) electrons. The molecule has 0 bridgehead atoms. The third-order valence-electron chi connectivity index (χ3n) is 3.96. The maximum absolute atomic E-state index is 14.3. The van der Waals surface area contributed by atoms with E-state index in [4.69, 9.17) is 9.26 Å². The lowest BCUT2D eigenvalue weighted by Gasteiger charge is -2.12. The van der Waals surface area contributed by atoms with E-state index in [1.807, 2.05) is 0 Å². The fourth-order valence-electron chi connectivity index (χ4n) is 2.56. The summed E-state index contributed by atoms with van der Waals surface area (Å²) in [4.78, 5) is 11.9. The van der Waals surface area contributed by atoms with Gasteiger partial charge in [-0.05, 0) is 6.42 Å². The number of nitrogens with zero attached hydrogens (tertiary/aromatic N) is 1. The van der Waals surface area contributed by atoms with Crippen LogP contribution in [0.5, 0.6) is 0 Å². The van der Waals surface area contributed by atoms with Crippen molar-refractivity contribution < 1.29 is 22.8 Å². The van der Waals surface area contributed by atoms with Gasteiger partial charge in [0.25, 0.3) is 0 Å². The molecule has 128 valence electrons. The average molecular weight is 336 g/mol. The van der Waals surface area contributed by atoms with E-state index in [1.54, 1.807) is 6.07 Å². The van der Waals surface area contributed by atoms with Crippen LogP contribution >= 0.6 is 0 Å². The van der Waals surface area contributed by atoms with Crippen LogP contribution < -0.4 is 5.32 Å². The van der Waals surface area contributed by atoms with Crippen molar-refractivity contribution in [3.8, 4) is 0 Å². The lowest BCUT2D eigenvalue weighted by Crippen LogP contribution is -2.30. The van der Waals surface area contributed by atoms with Gasteiger partial charge >= 0.3 is 5.92 Å². The molecule has 7 heteroatoms. The van der Waals surface area contributed by atoms with E-state index < -0.39 is 11.7 Å². The Balaban J connectivity index is 1.59. The summed E-state index contributed by atoms with van der Waals surface area (Å²) in [7, 11) is 0. The van der Waals surface area contributed by atoms with Gasteiger partial charge in [-0.3, -0.25) is 4.79 Å². The zero-order chi connectivity index (χ0) is 17.0. The second-order valence-electron chi connectivity index (χ2n) is 5.83. The van der Waals surface area contributed by atoms with Crippen molar-refractivity contribution in [1.29, 1.82) is 0 Å². The molecular formula is C17H18F2N2O3. The highest BCUT2D eigenvalue weighted by Gasteiger charge is 2.38. The third kappa shape index (κ3) is 3.79. The van der Waals surface area contributed by atoms with Crippen LogP contribution in [0.1, 0.15) is 23.4 Å². The molecule has 24 heavy (non-hydrogen) atoms.